The number of morpholine rings is 1. The molecule has 8 nitrogen and oxygen atoms in total. The summed E-state index contributed by atoms with van der Waals surface area (Å²) in [6, 6.07) is 4.23. The number of nitrogens with zero attached hydrogens (tertiary/aromatic N) is 5. The van der Waals surface area contributed by atoms with Crippen LogP contribution in [0.25, 0.3) is 0 Å². The Hall–Kier alpha value is -3.08. The van der Waals surface area contributed by atoms with Crippen molar-refractivity contribution in [1.82, 2.24) is 14.9 Å². The Morgan fingerprint density at radius 2 is 1.91 bits per heavy atom. The van der Waals surface area contributed by atoms with E-state index in [1.165, 1.54) is 25.3 Å². The van der Waals surface area contributed by atoms with Gasteiger partial charge in [0.1, 0.15) is 5.75 Å². The van der Waals surface area contributed by atoms with Crippen LogP contribution in [-0.2, 0) is 4.74 Å². The number of carbonyl (C=O) groups excluding carboxylic acids is 1. The maximum Gasteiger partial charge on any atom is 0.321 e. The van der Waals surface area contributed by atoms with Gasteiger partial charge in [-0.2, -0.15) is 13.8 Å². The molecule has 0 saturated carbocycles. The molecule has 0 radical (unpaired) electrons. The number of rotatable bonds is 6. The van der Waals surface area contributed by atoms with Crippen molar-refractivity contribution in [3.8, 4) is 5.75 Å². The van der Waals surface area contributed by atoms with Crippen LogP contribution in [0.3, 0.4) is 0 Å². The molecule has 2 saturated heterocycles. The summed E-state index contributed by atoms with van der Waals surface area (Å²) in [5, 5.41) is 0. The molecular formula is C21H24F3N5O3. The first kappa shape index (κ1) is 22.1. The molecule has 11 heteroatoms. The van der Waals surface area contributed by atoms with Crippen LogP contribution in [0.4, 0.5) is 30.6 Å². The average Bonchev–Trinajstić information content (AvgIpc) is 3.35. The van der Waals surface area contributed by atoms with Gasteiger partial charge in [0.2, 0.25) is 5.95 Å². The molecule has 2 aliphatic heterocycles. The third kappa shape index (κ3) is 4.43. The first-order valence-electron chi connectivity index (χ1n) is 10.4. The van der Waals surface area contributed by atoms with Crippen molar-refractivity contribution >= 4 is 23.4 Å². The molecule has 2 aliphatic rings. The summed E-state index contributed by atoms with van der Waals surface area (Å²) < 4.78 is 53.2. The fourth-order valence-corrected chi connectivity index (χ4v) is 3.87. The lowest BCUT2D eigenvalue weighted by Gasteiger charge is -2.28. The molecule has 0 spiro atoms. The van der Waals surface area contributed by atoms with E-state index in [1.807, 2.05) is 0 Å². The number of carbonyl (C=O) groups is 1. The SMILES string of the molecule is COc1cc(C(=O)N2CCOCC2)ccc1N(c1ncc(F)c(N2CCCC2)n1)C(F)F. The van der Waals surface area contributed by atoms with Gasteiger partial charge in [-0.05, 0) is 31.0 Å². The number of hydrogen-bond donors (Lipinski definition) is 0. The molecule has 1 aromatic carbocycles. The third-order valence-corrected chi connectivity index (χ3v) is 5.51. The van der Waals surface area contributed by atoms with Gasteiger partial charge >= 0.3 is 6.55 Å². The van der Waals surface area contributed by atoms with E-state index in [9.17, 15) is 18.0 Å². The van der Waals surface area contributed by atoms with E-state index in [0.29, 0.717) is 49.9 Å². The van der Waals surface area contributed by atoms with Gasteiger partial charge in [0.05, 0.1) is 32.2 Å². The number of halogens is 3. The second-order valence-corrected chi connectivity index (χ2v) is 7.47. The van der Waals surface area contributed by atoms with Gasteiger partial charge in [-0.3, -0.25) is 4.79 Å². The molecule has 0 aliphatic carbocycles. The Bertz CT molecular complexity index is 966. The molecule has 1 aromatic heterocycles. The van der Waals surface area contributed by atoms with Crippen molar-refractivity contribution in [2.75, 3.05) is 56.3 Å². The van der Waals surface area contributed by atoms with E-state index in [0.717, 1.165) is 19.0 Å². The van der Waals surface area contributed by atoms with Gasteiger partial charge < -0.3 is 19.3 Å². The normalized spacial score (nSPS) is 16.5. The van der Waals surface area contributed by atoms with Gasteiger partial charge in [0.25, 0.3) is 5.91 Å². The van der Waals surface area contributed by atoms with Crippen LogP contribution in [0.15, 0.2) is 24.4 Å². The zero-order valence-corrected chi connectivity index (χ0v) is 17.6. The first-order chi connectivity index (χ1) is 15.5. The number of anilines is 3. The fourth-order valence-electron chi connectivity index (χ4n) is 3.87. The third-order valence-electron chi connectivity index (χ3n) is 5.51. The number of ether oxygens (including phenoxy) is 2. The number of hydrogen-bond acceptors (Lipinski definition) is 7. The van der Waals surface area contributed by atoms with E-state index in [-0.39, 0.29) is 29.1 Å². The zero-order chi connectivity index (χ0) is 22.7. The van der Waals surface area contributed by atoms with E-state index in [4.69, 9.17) is 9.47 Å². The molecule has 2 fully saturated rings. The molecule has 0 atom stereocenters. The second kappa shape index (κ2) is 9.60. The van der Waals surface area contributed by atoms with E-state index >= 15 is 0 Å². The molecule has 0 unspecified atom stereocenters. The summed E-state index contributed by atoms with van der Waals surface area (Å²) in [6.45, 7) is -0.0266. The molecule has 4 rings (SSSR count). The second-order valence-electron chi connectivity index (χ2n) is 7.47. The van der Waals surface area contributed by atoms with Crippen LogP contribution in [-0.4, -0.2) is 73.8 Å². The molecule has 0 N–H and O–H groups in total. The molecule has 0 bridgehead atoms. The molecule has 32 heavy (non-hydrogen) atoms. The lowest BCUT2D eigenvalue weighted by molar-refractivity contribution is 0.0302. The largest absolute Gasteiger partial charge is 0.495 e. The molecule has 2 aromatic rings. The minimum Gasteiger partial charge on any atom is -0.495 e. The minimum absolute atomic E-state index is 0.00349. The molecular weight excluding hydrogens is 427 g/mol. The van der Waals surface area contributed by atoms with Crippen molar-refractivity contribution in [3.05, 3.63) is 35.8 Å². The van der Waals surface area contributed by atoms with Crippen LogP contribution in [0.2, 0.25) is 0 Å². The number of benzene rings is 1. The fraction of sp³-hybridized carbons (Fsp3) is 0.476. The predicted octanol–water partition coefficient (Wildman–Crippen LogP) is 3.06. The maximum absolute atomic E-state index is 14.3. The van der Waals surface area contributed by atoms with E-state index in [1.54, 1.807) is 9.80 Å². The minimum atomic E-state index is -3.03. The smallest absolute Gasteiger partial charge is 0.321 e. The van der Waals surface area contributed by atoms with Crippen molar-refractivity contribution in [1.29, 1.82) is 0 Å². The average molecular weight is 451 g/mol. The van der Waals surface area contributed by atoms with E-state index in [2.05, 4.69) is 9.97 Å². The summed E-state index contributed by atoms with van der Waals surface area (Å²) in [5.74, 6) is -1.20. The Labute approximate surface area is 183 Å². The summed E-state index contributed by atoms with van der Waals surface area (Å²) in [5.41, 5.74) is 0.277. The Morgan fingerprint density at radius 1 is 1.19 bits per heavy atom. The van der Waals surface area contributed by atoms with Gasteiger partial charge in [0, 0.05) is 31.7 Å². The maximum atomic E-state index is 14.3. The van der Waals surface area contributed by atoms with Crippen LogP contribution in [0.1, 0.15) is 23.2 Å². The van der Waals surface area contributed by atoms with Gasteiger partial charge in [-0.15, -0.1) is 0 Å². The standard InChI is InChI=1S/C21H24F3N5O3/c1-31-17-12-14(19(30)28-8-10-32-11-9-28)4-5-16(17)29(20(23)24)21-25-13-15(22)18(26-21)27-6-2-3-7-27/h4-5,12-13,20H,2-3,6-11H2,1H3. The number of aromatic nitrogens is 2. The summed E-state index contributed by atoms with van der Waals surface area (Å²) >= 11 is 0. The van der Waals surface area contributed by atoms with Gasteiger partial charge in [0.15, 0.2) is 11.6 Å². The quantitative estimate of drug-likeness (QED) is 0.625. The highest BCUT2D eigenvalue weighted by atomic mass is 19.3. The first-order valence-corrected chi connectivity index (χ1v) is 10.4. The molecule has 172 valence electrons. The Kier molecular flexibility index (Phi) is 6.63. The summed E-state index contributed by atoms with van der Waals surface area (Å²) in [7, 11) is 1.33. The Balaban J connectivity index is 1.68. The highest BCUT2D eigenvalue weighted by Gasteiger charge is 2.29. The van der Waals surface area contributed by atoms with Crippen LogP contribution < -0.4 is 14.5 Å². The topological polar surface area (TPSA) is 71.0 Å². The number of alkyl halides is 2. The molecule has 1 amide bonds. The highest BCUT2D eigenvalue weighted by molar-refractivity contribution is 5.95. The zero-order valence-electron chi connectivity index (χ0n) is 17.6. The van der Waals surface area contributed by atoms with Crippen LogP contribution in [0.5, 0.6) is 5.75 Å². The van der Waals surface area contributed by atoms with Crippen LogP contribution >= 0.6 is 0 Å². The van der Waals surface area contributed by atoms with Gasteiger partial charge in [-0.1, -0.05) is 0 Å². The number of methoxy groups -OCH3 is 1. The lowest BCUT2D eigenvalue weighted by atomic mass is 10.1. The predicted molar refractivity (Wildman–Crippen MR) is 111 cm³/mol. The summed E-state index contributed by atoms with van der Waals surface area (Å²) in [4.78, 5) is 24.6. The van der Waals surface area contributed by atoms with Gasteiger partial charge in [-0.25, -0.2) is 14.3 Å². The number of amides is 1. The molecule has 3 heterocycles. The Morgan fingerprint density at radius 3 is 2.56 bits per heavy atom. The van der Waals surface area contributed by atoms with Crippen LogP contribution in [0, 0.1) is 5.82 Å². The lowest BCUT2D eigenvalue weighted by Crippen LogP contribution is -2.40. The van der Waals surface area contributed by atoms with Crippen molar-refractivity contribution in [2.24, 2.45) is 0 Å². The van der Waals surface area contributed by atoms with Crippen molar-refractivity contribution in [3.63, 3.8) is 0 Å². The van der Waals surface area contributed by atoms with E-state index < -0.39 is 12.4 Å². The van der Waals surface area contributed by atoms with Crippen molar-refractivity contribution < 1.29 is 27.4 Å². The summed E-state index contributed by atoms with van der Waals surface area (Å²) in [6.07, 6.45) is 2.65. The van der Waals surface area contributed by atoms with Crippen molar-refractivity contribution in [2.45, 2.75) is 19.4 Å². The monoisotopic (exact) mass is 451 g/mol. The highest BCUT2D eigenvalue weighted by Crippen LogP contribution is 2.37.